The van der Waals surface area contributed by atoms with Gasteiger partial charge in [-0.25, -0.2) is 0 Å². The van der Waals surface area contributed by atoms with Crippen LogP contribution in [0.15, 0.2) is 5.11 Å². The van der Waals surface area contributed by atoms with E-state index in [9.17, 15) is 5.11 Å². The molecular weight excluding hydrogens is 146 g/mol. The number of nitrogens with zero attached hydrogens (tertiary/aromatic N) is 3. The number of aliphatic hydroxyl groups is 2. The summed E-state index contributed by atoms with van der Waals surface area (Å²) in [6, 6.07) is -0.441. The predicted octanol–water partition coefficient (Wildman–Crippen LogP) is 0.571. The van der Waals surface area contributed by atoms with Gasteiger partial charge in [-0.3, -0.25) is 0 Å². The Bertz CT molecular complexity index is 179. The molecule has 2 N–H and O–H groups in total. The van der Waals surface area contributed by atoms with Crippen LogP contribution in [0.2, 0.25) is 0 Å². The lowest BCUT2D eigenvalue weighted by Crippen LogP contribution is -2.39. The lowest BCUT2D eigenvalue weighted by atomic mass is 9.91. The normalized spacial score (nSPS) is 37.8. The van der Waals surface area contributed by atoms with E-state index in [0.29, 0.717) is 12.8 Å². The molecule has 11 heavy (non-hydrogen) atoms. The van der Waals surface area contributed by atoms with Crippen LogP contribution in [-0.4, -0.2) is 28.5 Å². The van der Waals surface area contributed by atoms with Crippen LogP contribution in [0.5, 0.6) is 0 Å². The zero-order valence-electron chi connectivity index (χ0n) is 6.09. The second-order valence-corrected chi connectivity index (χ2v) is 2.76. The van der Waals surface area contributed by atoms with Gasteiger partial charge in [-0.05, 0) is 18.4 Å². The van der Waals surface area contributed by atoms with Crippen LogP contribution < -0.4 is 0 Å². The fraction of sp³-hybridized carbons (Fsp3) is 1.00. The second kappa shape index (κ2) is 3.57. The summed E-state index contributed by atoms with van der Waals surface area (Å²) >= 11 is 0. The fourth-order valence-corrected chi connectivity index (χ4v) is 1.33. The van der Waals surface area contributed by atoms with E-state index in [2.05, 4.69) is 10.0 Å². The molecule has 0 bridgehead atoms. The summed E-state index contributed by atoms with van der Waals surface area (Å²) in [4.78, 5) is 2.60. The predicted molar refractivity (Wildman–Crippen MR) is 38.8 cm³/mol. The molecule has 0 aromatic heterocycles. The van der Waals surface area contributed by atoms with Gasteiger partial charge < -0.3 is 10.2 Å². The van der Waals surface area contributed by atoms with Gasteiger partial charge in [-0.1, -0.05) is 11.5 Å². The molecule has 0 radical (unpaired) electrons. The third-order valence-corrected chi connectivity index (χ3v) is 1.99. The van der Waals surface area contributed by atoms with E-state index in [1.807, 2.05) is 0 Å². The minimum Gasteiger partial charge on any atom is -0.390 e. The molecule has 0 amide bonds. The number of aliphatic hydroxyl groups excluding tert-OH is 2. The van der Waals surface area contributed by atoms with Crippen molar-refractivity contribution in [2.75, 3.05) is 0 Å². The van der Waals surface area contributed by atoms with Crippen molar-refractivity contribution in [3.63, 3.8) is 0 Å². The third-order valence-electron chi connectivity index (χ3n) is 1.99. The van der Waals surface area contributed by atoms with Crippen molar-refractivity contribution in [3.8, 4) is 0 Å². The summed E-state index contributed by atoms with van der Waals surface area (Å²) in [6.07, 6.45) is 0.474. The minimum absolute atomic E-state index is 0.441. The summed E-state index contributed by atoms with van der Waals surface area (Å²) in [5.41, 5.74) is 8.09. The maximum absolute atomic E-state index is 9.25. The van der Waals surface area contributed by atoms with Gasteiger partial charge in [0.2, 0.25) is 0 Å². The van der Waals surface area contributed by atoms with Crippen LogP contribution in [-0.2, 0) is 0 Å². The van der Waals surface area contributed by atoms with E-state index in [0.717, 1.165) is 6.42 Å². The van der Waals surface area contributed by atoms with Crippen LogP contribution in [0.25, 0.3) is 10.4 Å². The van der Waals surface area contributed by atoms with Gasteiger partial charge in [0.05, 0.1) is 18.2 Å². The quantitative estimate of drug-likeness (QED) is 0.331. The Labute approximate surface area is 64.3 Å². The Kier molecular flexibility index (Phi) is 2.70. The average Bonchev–Trinajstić information content (AvgIpc) is 1.99. The SMILES string of the molecule is [N-]=[N+]=N[C@H]1CCC[C@@H](O)[C@@H]1O. The van der Waals surface area contributed by atoms with Gasteiger partial charge in [0, 0.05) is 4.91 Å². The maximum atomic E-state index is 9.25. The molecule has 0 heterocycles. The van der Waals surface area contributed by atoms with Gasteiger partial charge in [0.1, 0.15) is 0 Å². The summed E-state index contributed by atoms with van der Waals surface area (Å²) in [6.45, 7) is 0. The van der Waals surface area contributed by atoms with Crippen molar-refractivity contribution in [1.82, 2.24) is 0 Å². The molecule has 1 rings (SSSR count). The molecule has 0 spiro atoms. The monoisotopic (exact) mass is 157 g/mol. The summed E-state index contributed by atoms with van der Waals surface area (Å²) in [5.74, 6) is 0. The van der Waals surface area contributed by atoms with Gasteiger partial charge in [-0.15, -0.1) is 0 Å². The van der Waals surface area contributed by atoms with Crippen LogP contribution in [0, 0.1) is 0 Å². The molecule has 0 aromatic carbocycles. The number of hydrogen-bond acceptors (Lipinski definition) is 3. The third kappa shape index (κ3) is 1.83. The van der Waals surface area contributed by atoms with Crippen molar-refractivity contribution in [1.29, 1.82) is 0 Å². The number of rotatable bonds is 1. The van der Waals surface area contributed by atoms with Crippen molar-refractivity contribution in [2.24, 2.45) is 5.11 Å². The van der Waals surface area contributed by atoms with Gasteiger partial charge in [0.25, 0.3) is 0 Å². The molecule has 0 unspecified atom stereocenters. The molecule has 0 saturated heterocycles. The highest BCUT2D eigenvalue weighted by atomic mass is 16.3. The van der Waals surface area contributed by atoms with E-state index in [-0.39, 0.29) is 0 Å². The van der Waals surface area contributed by atoms with E-state index in [4.69, 9.17) is 10.6 Å². The maximum Gasteiger partial charge on any atom is 0.0883 e. The molecule has 0 aliphatic heterocycles. The highest BCUT2D eigenvalue weighted by Crippen LogP contribution is 2.21. The standard InChI is InChI=1S/C6H11N3O2/c7-9-8-4-2-1-3-5(10)6(4)11/h4-6,10-11H,1-3H2/t4-,5+,6+/m0/s1. The topological polar surface area (TPSA) is 89.2 Å². The molecule has 5 nitrogen and oxygen atoms in total. The van der Waals surface area contributed by atoms with Crippen LogP contribution in [0.1, 0.15) is 19.3 Å². The first-order valence-corrected chi connectivity index (χ1v) is 3.66. The lowest BCUT2D eigenvalue weighted by molar-refractivity contribution is -0.0204. The molecule has 1 fully saturated rings. The molecular formula is C6H11N3O2. The van der Waals surface area contributed by atoms with Crippen LogP contribution in [0.4, 0.5) is 0 Å². The van der Waals surface area contributed by atoms with Gasteiger partial charge in [0.15, 0.2) is 0 Å². The number of hydrogen-bond donors (Lipinski definition) is 2. The van der Waals surface area contributed by atoms with E-state index in [1.165, 1.54) is 0 Å². The molecule has 5 heteroatoms. The Morgan fingerprint density at radius 3 is 2.73 bits per heavy atom. The van der Waals surface area contributed by atoms with E-state index < -0.39 is 18.2 Å². The fourth-order valence-electron chi connectivity index (χ4n) is 1.33. The Balaban J connectivity index is 2.57. The van der Waals surface area contributed by atoms with Crippen LogP contribution in [0.3, 0.4) is 0 Å². The zero-order chi connectivity index (χ0) is 8.27. The molecule has 1 aliphatic carbocycles. The molecule has 3 atom stereocenters. The van der Waals surface area contributed by atoms with Crippen molar-refractivity contribution >= 4 is 0 Å². The Morgan fingerprint density at radius 1 is 1.36 bits per heavy atom. The Morgan fingerprint density at radius 2 is 2.09 bits per heavy atom. The summed E-state index contributed by atoms with van der Waals surface area (Å²) < 4.78 is 0. The highest BCUT2D eigenvalue weighted by Gasteiger charge is 2.29. The summed E-state index contributed by atoms with van der Waals surface area (Å²) in [5, 5.41) is 21.8. The largest absolute Gasteiger partial charge is 0.390 e. The van der Waals surface area contributed by atoms with Gasteiger partial charge in [-0.2, -0.15) is 0 Å². The molecule has 1 aliphatic rings. The van der Waals surface area contributed by atoms with Crippen molar-refractivity contribution in [2.45, 2.75) is 37.5 Å². The first kappa shape index (κ1) is 8.33. The highest BCUT2D eigenvalue weighted by molar-refractivity contribution is 4.86. The molecule has 0 aromatic rings. The van der Waals surface area contributed by atoms with Crippen molar-refractivity contribution < 1.29 is 10.2 Å². The number of azide groups is 1. The molecule has 62 valence electrons. The van der Waals surface area contributed by atoms with Gasteiger partial charge >= 0.3 is 0 Å². The lowest BCUT2D eigenvalue weighted by Gasteiger charge is -2.28. The van der Waals surface area contributed by atoms with Crippen molar-refractivity contribution in [3.05, 3.63) is 10.4 Å². The Hall–Kier alpha value is -0.770. The second-order valence-electron chi connectivity index (χ2n) is 2.76. The van der Waals surface area contributed by atoms with E-state index >= 15 is 0 Å². The first-order chi connectivity index (χ1) is 5.25. The average molecular weight is 157 g/mol. The molecule has 1 saturated carbocycles. The smallest absolute Gasteiger partial charge is 0.0883 e. The first-order valence-electron chi connectivity index (χ1n) is 3.66. The van der Waals surface area contributed by atoms with E-state index in [1.54, 1.807) is 0 Å². The zero-order valence-corrected chi connectivity index (χ0v) is 6.09. The summed E-state index contributed by atoms with van der Waals surface area (Å²) in [7, 11) is 0. The van der Waals surface area contributed by atoms with Crippen LogP contribution >= 0.6 is 0 Å². The minimum atomic E-state index is -0.875.